The van der Waals surface area contributed by atoms with E-state index in [1.807, 2.05) is 18.2 Å². The van der Waals surface area contributed by atoms with Gasteiger partial charge < -0.3 is 15.4 Å². The van der Waals surface area contributed by atoms with Crippen LogP contribution in [-0.2, 0) is 4.74 Å². The number of amides is 2. The molecule has 5 nitrogen and oxygen atoms in total. The Morgan fingerprint density at radius 3 is 2.41 bits per heavy atom. The van der Waals surface area contributed by atoms with E-state index in [4.69, 9.17) is 16.3 Å². The highest BCUT2D eigenvalue weighted by Gasteiger charge is 2.13. The van der Waals surface area contributed by atoms with Crippen LogP contribution >= 0.6 is 11.6 Å². The highest BCUT2D eigenvalue weighted by molar-refractivity contribution is 6.33. The van der Waals surface area contributed by atoms with Gasteiger partial charge in [0.15, 0.2) is 0 Å². The molecule has 0 aliphatic rings. The number of benzene rings is 2. The average Bonchev–Trinajstić information content (AvgIpc) is 2.50. The molecule has 0 unspecified atom stereocenters. The van der Waals surface area contributed by atoms with Gasteiger partial charge in [-0.2, -0.15) is 0 Å². The van der Waals surface area contributed by atoms with Crippen LogP contribution in [0.4, 0.5) is 16.2 Å². The molecule has 0 aromatic heterocycles. The molecule has 0 heterocycles. The lowest BCUT2D eigenvalue weighted by Gasteiger charge is -2.10. The van der Waals surface area contributed by atoms with Crippen LogP contribution in [-0.4, -0.2) is 18.6 Å². The van der Waals surface area contributed by atoms with Gasteiger partial charge in [-0.05, 0) is 37.3 Å². The molecule has 2 amide bonds. The standard InChI is InChI=1S/C16H15ClN2O3/c1-2-22-15(20)13-10-12(8-9-14(13)17)19-16(21)18-11-6-4-3-5-7-11/h3-10H,2H2,1H3,(H2,18,19,21). The number of para-hydroxylation sites is 1. The van der Waals surface area contributed by atoms with Crippen molar-refractivity contribution in [1.82, 2.24) is 0 Å². The zero-order chi connectivity index (χ0) is 15.9. The molecular formula is C16H15ClN2O3. The normalized spacial score (nSPS) is 9.91. The number of nitrogens with one attached hydrogen (secondary N) is 2. The lowest BCUT2D eigenvalue weighted by Crippen LogP contribution is -2.19. The van der Waals surface area contributed by atoms with Crippen molar-refractivity contribution in [3.63, 3.8) is 0 Å². The highest BCUT2D eigenvalue weighted by Crippen LogP contribution is 2.21. The minimum absolute atomic E-state index is 0.209. The Kier molecular flexibility index (Phi) is 5.38. The molecule has 114 valence electrons. The van der Waals surface area contributed by atoms with Gasteiger partial charge in [0.1, 0.15) is 0 Å². The van der Waals surface area contributed by atoms with Crippen LogP contribution in [0.3, 0.4) is 0 Å². The van der Waals surface area contributed by atoms with E-state index in [2.05, 4.69) is 10.6 Å². The van der Waals surface area contributed by atoms with Crippen molar-refractivity contribution in [3.8, 4) is 0 Å². The largest absolute Gasteiger partial charge is 0.462 e. The number of rotatable bonds is 4. The van der Waals surface area contributed by atoms with Crippen LogP contribution in [0.5, 0.6) is 0 Å². The van der Waals surface area contributed by atoms with Crippen molar-refractivity contribution < 1.29 is 14.3 Å². The molecule has 22 heavy (non-hydrogen) atoms. The number of anilines is 2. The van der Waals surface area contributed by atoms with Crippen molar-refractivity contribution >= 4 is 35.0 Å². The monoisotopic (exact) mass is 318 g/mol. The number of halogens is 1. The summed E-state index contributed by atoms with van der Waals surface area (Å²) >= 11 is 5.96. The number of hydrogen-bond acceptors (Lipinski definition) is 3. The van der Waals surface area contributed by atoms with Gasteiger partial charge in [0.05, 0.1) is 17.2 Å². The van der Waals surface area contributed by atoms with Crippen molar-refractivity contribution in [3.05, 3.63) is 59.1 Å². The highest BCUT2D eigenvalue weighted by atomic mass is 35.5. The summed E-state index contributed by atoms with van der Waals surface area (Å²) in [6.07, 6.45) is 0. The minimum Gasteiger partial charge on any atom is -0.462 e. The quantitative estimate of drug-likeness (QED) is 0.832. The molecule has 0 radical (unpaired) electrons. The number of urea groups is 1. The lowest BCUT2D eigenvalue weighted by molar-refractivity contribution is 0.0526. The summed E-state index contributed by atoms with van der Waals surface area (Å²) in [6, 6.07) is 13.2. The van der Waals surface area contributed by atoms with E-state index in [-0.39, 0.29) is 17.2 Å². The molecule has 2 aromatic carbocycles. The molecular weight excluding hydrogens is 304 g/mol. The molecule has 0 fully saturated rings. The molecule has 0 saturated carbocycles. The van der Waals surface area contributed by atoms with Crippen molar-refractivity contribution in [2.75, 3.05) is 17.2 Å². The second-order valence-electron chi connectivity index (χ2n) is 4.36. The number of carbonyl (C=O) groups is 2. The van der Waals surface area contributed by atoms with Crippen molar-refractivity contribution in [2.45, 2.75) is 6.92 Å². The van der Waals surface area contributed by atoms with Gasteiger partial charge in [-0.15, -0.1) is 0 Å². The van der Waals surface area contributed by atoms with E-state index in [1.54, 1.807) is 25.1 Å². The predicted octanol–water partition coefficient (Wildman–Crippen LogP) is 4.16. The summed E-state index contributed by atoms with van der Waals surface area (Å²) in [5.41, 5.74) is 1.32. The first kappa shape index (κ1) is 15.9. The number of esters is 1. The second-order valence-corrected chi connectivity index (χ2v) is 4.77. The zero-order valence-corrected chi connectivity index (χ0v) is 12.7. The summed E-state index contributed by atoms with van der Waals surface area (Å²) in [6.45, 7) is 1.96. The molecule has 0 aliphatic carbocycles. The summed E-state index contributed by atoms with van der Waals surface area (Å²) in [5.74, 6) is -0.528. The summed E-state index contributed by atoms with van der Waals surface area (Å²) in [7, 11) is 0. The van der Waals surface area contributed by atoms with Gasteiger partial charge in [-0.3, -0.25) is 0 Å². The SMILES string of the molecule is CCOC(=O)c1cc(NC(=O)Nc2ccccc2)ccc1Cl. The molecule has 6 heteroatoms. The van der Waals surface area contributed by atoms with Gasteiger partial charge in [0.25, 0.3) is 0 Å². The van der Waals surface area contributed by atoms with Gasteiger partial charge in [0, 0.05) is 11.4 Å². The number of carbonyl (C=O) groups excluding carboxylic acids is 2. The summed E-state index contributed by atoms with van der Waals surface area (Å²) in [4.78, 5) is 23.7. The molecule has 0 spiro atoms. The Labute approximate surface area is 133 Å². The maximum atomic E-state index is 11.9. The first-order valence-corrected chi connectivity index (χ1v) is 7.07. The molecule has 2 N–H and O–H groups in total. The maximum Gasteiger partial charge on any atom is 0.339 e. The first-order chi connectivity index (χ1) is 10.6. The third-order valence-electron chi connectivity index (χ3n) is 2.75. The van der Waals surface area contributed by atoms with Gasteiger partial charge in [0.2, 0.25) is 0 Å². The summed E-state index contributed by atoms with van der Waals surface area (Å²) < 4.78 is 4.91. The number of ether oxygens (including phenoxy) is 1. The molecule has 0 atom stereocenters. The van der Waals surface area contributed by atoms with E-state index >= 15 is 0 Å². The molecule has 0 saturated heterocycles. The molecule has 2 aromatic rings. The average molecular weight is 319 g/mol. The van der Waals surface area contributed by atoms with Gasteiger partial charge in [-0.25, -0.2) is 9.59 Å². The van der Waals surface area contributed by atoms with Crippen LogP contribution in [0.25, 0.3) is 0 Å². The fourth-order valence-electron chi connectivity index (χ4n) is 1.78. The maximum absolute atomic E-state index is 11.9. The topological polar surface area (TPSA) is 67.4 Å². The van der Waals surface area contributed by atoms with Gasteiger partial charge >= 0.3 is 12.0 Å². The summed E-state index contributed by atoms with van der Waals surface area (Å²) in [5, 5.41) is 5.59. The first-order valence-electron chi connectivity index (χ1n) is 6.70. The van der Waals surface area contributed by atoms with E-state index < -0.39 is 12.0 Å². The van der Waals surface area contributed by atoms with E-state index in [9.17, 15) is 9.59 Å². The van der Waals surface area contributed by atoms with E-state index in [1.165, 1.54) is 12.1 Å². The third kappa shape index (κ3) is 4.23. The molecule has 0 aliphatic heterocycles. The second kappa shape index (κ2) is 7.47. The fraction of sp³-hybridized carbons (Fsp3) is 0.125. The Hall–Kier alpha value is -2.53. The fourth-order valence-corrected chi connectivity index (χ4v) is 1.98. The van der Waals surface area contributed by atoms with Crippen LogP contribution < -0.4 is 10.6 Å². The third-order valence-corrected chi connectivity index (χ3v) is 3.08. The van der Waals surface area contributed by atoms with Crippen LogP contribution in [0, 0.1) is 0 Å². The van der Waals surface area contributed by atoms with E-state index in [0.717, 1.165) is 0 Å². The number of hydrogen-bond donors (Lipinski definition) is 2. The smallest absolute Gasteiger partial charge is 0.339 e. The Morgan fingerprint density at radius 2 is 1.73 bits per heavy atom. The predicted molar refractivity (Wildman–Crippen MR) is 86.5 cm³/mol. The van der Waals surface area contributed by atoms with Crippen LogP contribution in [0.15, 0.2) is 48.5 Å². The van der Waals surface area contributed by atoms with Crippen molar-refractivity contribution in [1.29, 1.82) is 0 Å². The molecule has 2 rings (SSSR count). The minimum atomic E-state index is -0.528. The van der Waals surface area contributed by atoms with Crippen LogP contribution in [0.2, 0.25) is 5.02 Å². The van der Waals surface area contributed by atoms with Gasteiger partial charge in [-0.1, -0.05) is 29.8 Å². The zero-order valence-electron chi connectivity index (χ0n) is 11.9. The van der Waals surface area contributed by atoms with Crippen LogP contribution in [0.1, 0.15) is 17.3 Å². The lowest BCUT2D eigenvalue weighted by atomic mass is 10.2. The van der Waals surface area contributed by atoms with Crippen molar-refractivity contribution in [2.24, 2.45) is 0 Å². The Bertz CT molecular complexity index is 674. The Balaban J connectivity index is 2.08. The molecule has 0 bridgehead atoms. The Morgan fingerprint density at radius 1 is 1.05 bits per heavy atom. The van der Waals surface area contributed by atoms with E-state index in [0.29, 0.717) is 11.4 Å².